The van der Waals surface area contributed by atoms with Crippen LogP contribution in [-0.2, 0) is 0 Å². The first kappa shape index (κ1) is 19.8. The molecule has 1 N–H and O–H groups in total. The third-order valence-corrected chi connectivity index (χ3v) is 6.02. The van der Waals surface area contributed by atoms with Crippen molar-refractivity contribution in [2.24, 2.45) is 0 Å². The van der Waals surface area contributed by atoms with E-state index in [2.05, 4.69) is 25.0 Å². The molecule has 9 nitrogen and oxygen atoms in total. The molecule has 0 spiro atoms. The molecule has 12 heteroatoms. The fourth-order valence-electron chi connectivity index (χ4n) is 4.32. The van der Waals surface area contributed by atoms with Crippen LogP contribution in [-0.4, -0.2) is 46.6 Å². The second-order valence-electron chi connectivity index (χ2n) is 7.79. The largest absolute Gasteiger partial charge is 0.338 e. The summed E-state index contributed by atoms with van der Waals surface area (Å²) in [7, 11) is 0. The van der Waals surface area contributed by atoms with Crippen molar-refractivity contribution in [1.82, 2.24) is 34.1 Å². The summed E-state index contributed by atoms with van der Waals surface area (Å²) in [5, 5.41) is 4.80. The van der Waals surface area contributed by atoms with E-state index in [9.17, 15) is 13.6 Å². The van der Waals surface area contributed by atoms with Gasteiger partial charge in [-0.3, -0.25) is 9.36 Å². The molecule has 166 valence electrons. The van der Waals surface area contributed by atoms with Crippen LogP contribution in [0.3, 0.4) is 0 Å². The second kappa shape index (κ2) is 7.07. The number of nitrogens with one attached hydrogen (secondary N) is 1. The summed E-state index contributed by atoms with van der Waals surface area (Å²) in [5.41, 5.74) is 0.989. The lowest BCUT2D eigenvalue weighted by molar-refractivity contribution is 0.0218. The molecule has 0 aliphatic carbocycles. The van der Waals surface area contributed by atoms with Crippen molar-refractivity contribution in [1.29, 1.82) is 0 Å². The van der Waals surface area contributed by atoms with Crippen LogP contribution in [0, 0.1) is 0 Å². The molecule has 0 unspecified atom stereocenters. The van der Waals surface area contributed by atoms with Gasteiger partial charge < -0.3 is 9.88 Å². The monoisotopic (exact) mass is 468 g/mol. The minimum atomic E-state index is -3.04. The number of alkyl halides is 2. The number of aromatic amines is 1. The Hall–Kier alpha value is -3.86. The summed E-state index contributed by atoms with van der Waals surface area (Å²) in [5.74, 6) is -2.66. The van der Waals surface area contributed by atoms with Crippen molar-refractivity contribution in [2.75, 3.05) is 11.4 Å². The molecule has 33 heavy (non-hydrogen) atoms. The van der Waals surface area contributed by atoms with Gasteiger partial charge in [-0.05, 0) is 18.2 Å². The molecule has 0 saturated carbocycles. The SMILES string of the molecule is O=c1c2c(Cl)ccn2nc([C@@H]2CC(F)(F)CN2c2ncnc3[nH]cnc23)n1-c1ccccc1. The number of aromatic nitrogens is 7. The summed E-state index contributed by atoms with van der Waals surface area (Å²) in [6, 6.07) is 9.33. The van der Waals surface area contributed by atoms with Crippen LogP contribution < -0.4 is 10.5 Å². The molecule has 1 atom stereocenters. The summed E-state index contributed by atoms with van der Waals surface area (Å²) in [4.78, 5) is 30.4. The van der Waals surface area contributed by atoms with Crippen LogP contribution in [0.25, 0.3) is 22.4 Å². The van der Waals surface area contributed by atoms with Crippen LogP contribution in [0.1, 0.15) is 18.3 Å². The number of nitrogens with zero attached hydrogens (tertiary/aromatic N) is 7. The first-order valence-corrected chi connectivity index (χ1v) is 10.4. The van der Waals surface area contributed by atoms with Crippen molar-refractivity contribution in [2.45, 2.75) is 18.4 Å². The van der Waals surface area contributed by atoms with Gasteiger partial charge in [0.2, 0.25) is 0 Å². The Morgan fingerprint density at radius 3 is 2.76 bits per heavy atom. The fourth-order valence-corrected chi connectivity index (χ4v) is 4.55. The van der Waals surface area contributed by atoms with Crippen LogP contribution in [0.5, 0.6) is 0 Å². The molecule has 1 aromatic carbocycles. The minimum absolute atomic E-state index is 0.144. The number of hydrogen-bond acceptors (Lipinski definition) is 6. The minimum Gasteiger partial charge on any atom is -0.338 e. The zero-order valence-corrected chi connectivity index (χ0v) is 17.6. The van der Waals surface area contributed by atoms with Crippen molar-refractivity contribution in [3.63, 3.8) is 0 Å². The van der Waals surface area contributed by atoms with Crippen LogP contribution in [0.2, 0.25) is 5.02 Å². The molecule has 6 rings (SSSR count). The smallest absolute Gasteiger partial charge is 0.284 e. The molecule has 1 saturated heterocycles. The van der Waals surface area contributed by atoms with E-state index in [1.54, 1.807) is 36.4 Å². The highest BCUT2D eigenvalue weighted by Gasteiger charge is 2.49. The first-order chi connectivity index (χ1) is 15.9. The second-order valence-corrected chi connectivity index (χ2v) is 8.20. The molecular weight excluding hydrogens is 454 g/mol. The summed E-state index contributed by atoms with van der Waals surface area (Å²) in [6.45, 7) is -0.605. The van der Waals surface area contributed by atoms with E-state index in [0.29, 0.717) is 16.9 Å². The van der Waals surface area contributed by atoms with Crippen molar-refractivity contribution < 1.29 is 8.78 Å². The highest BCUT2D eigenvalue weighted by atomic mass is 35.5. The highest BCUT2D eigenvalue weighted by Crippen LogP contribution is 2.43. The predicted octanol–water partition coefficient (Wildman–Crippen LogP) is 3.39. The molecule has 0 amide bonds. The summed E-state index contributed by atoms with van der Waals surface area (Å²) in [6.07, 6.45) is 3.70. The zero-order valence-electron chi connectivity index (χ0n) is 16.9. The van der Waals surface area contributed by atoms with Crippen molar-refractivity contribution in [3.05, 3.63) is 76.5 Å². The maximum Gasteiger partial charge on any atom is 0.284 e. The number of halogens is 3. The number of para-hydroxylation sites is 1. The lowest BCUT2D eigenvalue weighted by Crippen LogP contribution is -2.33. The summed E-state index contributed by atoms with van der Waals surface area (Å²) < 4.78 is 32.3. The average molecular weight is 469 g/mol. The van der Waals surface area contributed by atoms with E-state index in [1.165, 1.54) is 32.8 Å². The lowest BCUT2D eigenvalue weighted by atomic mass is 10.1. The highest BCUT2D eigenvalue weighted by molar-refractivity contribution is 6.33. The Bertz CT molecular complexity index is 1560. The molecule has 5 heterocycles. The van der Waals surface area contributed by atoms with Gasteiger partial charge in [0.25, 0.3) is 11.5 Å². The average Bonchev–Trinajstić information content (AvgIpc) is 3.51. The maximum absolute atomic E-state index is 14.8. The van der Waals surface area contributed by atoms with Gasteiger partial charge in [-0.15, -0.1) is 0 Å². The van der Waals surface area contributed by atoms with E-state index in [4.69, 9.17) is 11.6 Å². The van der Waals surface area contributed by atoms with E-state index in [1.807, 2.05) is 0 Å². The number of anilines is 1. The quantitative estimate of drug-likeness (QED) is 0.436. The number of hydrogen-bond donors (Lipinski definition) is 1. The summed E-state index contributed by atoms with van der Waals surface area (Å²) >= 11 is 6.24. The molecular formula is C21H15ClF2N8O. The van der Waals surface area contributed by atoms with Gasteiger partial charge in [0, 0.05) is 12.6 Å². The number of H-pyrrole nitrogens is 1. The molecule has 0 bridgehead atoms. The van der Waals surface area contributed by atoms with Crippen molar-refractivity contribution >= 4 is 34.1 Å². The third-order valence-electron chi connectivity index (χ3n) is 5.71. The van der Waals surface area contributed by atoms with Crippen LogP contribution in [0.4, 0.5) is 14.6 Å². The number of benzene rings is 1. The predicted molar refractivity (Wildman–Crippen MR) is 117 cm³/mol. The fraction of sp³-hybridized carbons (Fsp3) is 0.190. The van der Waals surface area contributed by atoms with Gasteiger partial charge in [0.1, 0.15) is 17.4 Å². The number of imidazole rings is 1. The Morgan fingerprint density at radius 2 is 1.94 bits per heavy atom. The Morgan fingerprint density at radius 1 is 1.12 bits per heavy atom. The first-order valence-electron chi connectivity index (χ1n) is 10.1. The zero-order chi connectivity index (χ0) is 22.7. The third kappa shape index (κ3) is 3.07. The molecule has 0 radical (unpaired) electrons. The Balaban J connectivity index is 1.63. The Kier molecular flexibility index (Phi) is 4.24. The topological polar surface area (TPSA) is 97.0 Å². The molecule has 5 aromatic rings. The van der Waals surface area contributed by atoms with Crippen LogP contribution >= 0.6 is 11.6 Å². The van der Waals surface area contributed by atoms with Gasteiger partial charge in [0.15, 0.2) is 17.3 Å². The molecule has 4 aromatic heterocycles. The normalized spacial score (nSPS) is 17.9. The van der Waals surface area contributed by atoms with Gasteiger partial charge in [-0.2, -0.15) is 5.10 Å². The van der Waals surface area contributed by atoms with E-state index in [0.717, 1.165) is 0 Å². The van der Waals surface area contributed by atoms with Gasteiger partial charge in [-0.25, -0.2) is 28.2 Å². The van der Waals surface area contributed by atoms with Gasteiger partial charge in [-0.1, -0.05) is 29.8 Å². The number of fused-ring (bicyclic) bond motifs is 2. The Labute approximate surface area is 189 Å². The van der Waals surface area contributed by atoms with Crippen LogP contribution in [0.15, 0.2) is 60.0 Å². The van der Waals surface area contributed by atoms with E-state index >= 15 is 0 Å². The van der Waals surface area contributed by atoms with E-state index < -0.39 is 30.5 Å². The van der Waals surface area contributed by atoms with Gasteiger partial charge >= 0.3 is 0 Å². The standard InChI is InChI=1S/C21H15ClF2N8O/c22-13-6-7-31-16(13)20(33)32(12-4-2-1-3-5-12)18(29-31)14-8-21(23,24)9-30(14)19-15-17(26-10-25-15)27-11-28-19/h1-7,10-11,14H,8-9H2,(H,25,26,27,28)/t14-/m0/s1. The molecule has 1 aliphatic heterocycles. The maximum atomic E-state index is 14.8. The lowest BCUT2D eigenvalue weighted by Gasteiger charge is -2.26. The molecule has 1 aliphatic rings. The van der Waals surface area contributed by atoms with Crippen molar-refractivity contribution in [3.8, 4) is 5.69 Å². The molecule has 1 fully saturated rings. The van der Waals surface area contributed by atoms with Gasteiger partial charge in [0.05, 0.1) is 29.6 Å². The van der Waals surface area contributed by atoms with E-state index in [-0.39, 0.29) is 22.2 Å². The number of rotatable bonds is 3.